The second kappa shape index (κ2) is 7.77. The van der Waals surface area contributed by atoms with E-state index in [0.717, 1.165) is 0 Å². The van der Waals surface area contributed by atoms with Gasteiger partial charge >= 0.3 is 18.0 Å². The maximum Gasteiger partial charge on any atom is 0.326 e. The van der Waals surface area contributed by atoms with Crippen molar-refractivity contribution in [3.63, 3.8) is 0 Å². The van der Waals surface area contributed by atoms with Crippen molar-refractivity contribution in [1.82, 2.24) is 20.4 Å². The molecule has 0 aliphatic carbocycles. The maximum absolute atomic E-state index is 11.4. The predicted octanol–water partition coefficient (Wildman–Crippen LogP) is -0.500. The Balaban J connectivity index is 2.24. The van der Waals surface area contributed by atoms with Gasteiger partial charge in [-0.2, -0.15) is 5.10 Å². The van der Waals surface area contributed by atoms with E-state index < -0.39 is 30.4 Å². The lowest BCUT2D eigenvalue weighted by molar-refractivity contribution is -0.145. The molecule has 1 aromatic heterocycles. The molecule has 1 atom stereocenters. The van der Waals surface area contributed by atoms with E-state index in [0.29, 0.717) is 19.5 Å². The van der Waals surface area contributed by atoms with Crippen LogP contribution in [0.25, 0.3) is 0 Å². The van der Waals surface area contributed by atoms with Crippen molar-refractivity contribution in [3.8, 4) is 0 Å². The summed E-state index contributed by atoms with van der Waals surface area (Å²) in [7, 11) is 0. The molecule has 20 heavy (non-hydrogen) atoms. The van der Waals surface area contributed by atoms with Crippen molar-refractivity contribution in [2.45, 2.75) is 25.4 Å². The van der Waals surface area contributed by atoms with E-state index in [1.165, 1.54) is 0 Å². The summed E-state index contributed by atoms with van der Waals surface area (Å²) in [6, 6.07) is -0.374. The van der Waals surface area contributed by atoms with Gasteiger partial charge in [-0.25, -0.2) is 9.59 Å². The van der Waals surface area contributed by atoms with Crippen LogP contribution < -0.4 is 10.6 Å². The number of aryl methyl sites for hydroxylation is 1. The standard InChI is InChI=1S/C11H16N4O5/c16-9(17)7-8(10(18)19)14-11(20)12-3-1-5-15-6-2-4-13-15/h2,4,6,8H,1,3,5,7H2,(H,16,17)(H,18,19)(H2,12,14,20). The van der Waals surface area contributed by atoms with Crippen LogP contribution in [0.3, 0.4) is 0 Å². The summed E-state index contributed by atoms with van der Waals surface area (Å²) >= 11 is 0. The Morgan fingerprint density at radius 2 is 2.05 bits per heavy atom. The van der Waals surface area contributed by atoms with Crippen molar-refractivity contribution >= 4 is 18.0 Å². The van der Waals surface area contributed by atoms with Gasteiger partial charge in [0.05, 0.1) is 6.42 Å². The molecule has 110 valence electrons. The number of carboxylic acids is 2. The van der Waals surface area contributed by atoms with Gasteiger partial charge in [0.2, 0.25) is 0 Å². The molecule has 2 amide bonds. The van der Waals surface area contributed by atoms with Gasteiger partial charge in [-0.05, 0) is 12.5 Å². The van der Waals surface area contributed by atoms with Crippen LogP contribution in [0.4, 0.5) is 4.79 Å². The van der Waals surface area contributed by atoms with Gasteiger partial charge in [0, 0.05) is 25.5 Å². The highest BCUT2D eigenvalue weighted by atomic mass is 16.4. The molecular weight excluding hydrogens is 268 g/mol. The molecule has 1 heterocycles. The van der Waals surface area contributed by atoms with E-state index in [-0.39, 0.29) is 0 Å². The van der Waals surface area contributed by atoms with Crippen LogP contribution in [-0.2, 0) is 16.1 Å². The van der Waals surface area contributed by atoms with Gasteiger partial charge < -0.3 is 20.8 Å². The summed E-state index contributed by atoms with van der Waals surface area (Å²) < 4.78 is 1.70. The van der Waals surface area contributed by atoms with Crippen LogP contribution in [0.15, 0.2) is 18.5 Å². The smallest absolute Gasteiger partial charge is 0.326 e. The molecule has 1 rings (SSSR count). The van der Waals surface area contributed by atoms with Crippen molar-refractivity contribution in [1.29, 1.82) is 0 Å². The molecule has 0 fully saturated rings. The number of aromatic nitrogens is 2. The van der Waals surface area contributed by atoms with Crippen LogP contribution in [0.2, 0.25) is 0 Å². The number of carbonyl (C=O) groups is 3. The van der Waals surface area contributed by atoms with E-state index in [2.05, 4.69) is 15.7 Å². The molecule has 9 heteroatoms. The zero-order valence-corrected chi connectivity index (χ0v) is 10.7. The zero-order chi connectivity index (χ0) is 15.0. The van der Waals surface area contributed by atoms with E-state index in [1.54, 1.807) is 23.1 Å². The minimum Gasteiger partial charge on any atom is -0.481 e. The Morgan fingerprint density at radius 1 is 1.30 bits per heavy atom. The SMILES string of the molecule is O=C(O)CC(NC(=O)NCCCn1cccn1)C(=O)O. The average Bonchev–Trinajstić information content (AvgIpc) is 2.86. The van der Waals surface area contributed by atoms with E-state index >= 15 is 0 Å². The van der Waals surface area contributed by atoms with Gasteiger partial charge in [0.25, 0.3) is 0 Å². The van der Waals surface area contributed by atoms with Crippen molar-refractivity contribution in [2.75, 3.05) is 6.54 Å². The van der Waals surface area contributed by atoms with Crippen molar-refractivity contribution in [2.24, 2.45) is 0 Å². The van der Waals surface area contributed by atoms with Gasteiger partial charge in [-0.1, -0.05) is 0 Å². The molecule has 0 aromatic carbocycles. The van der Waals surface area contributed by atoms with Gasteiger partial charge in [0.1, 0.15) is 6.04 Å². The third-order valence-electron chi connectivity index (χ3n) is 2.39. The first-order valence-electron chi connectivity index (χ1n) is 5.95. The minimum absolute atomic E-state index is 0.325. The Labute approximate surface area is 114 Å². The normalized spacial score (nSPS) is 11.6. The first-order valence-corrected chi connectivity index (χ1v) is 5.95. The molecule has 0 radical (unpaired) electrons. The summed E-state index contributed by atoms with van der Waals surface area (Å²) in [5.74, 6) is -2.68. The third-order valence-corrected chi connectivity index (χ3v) is 2.39. The fourth-order valence-electron chi connectivity index (χ4n) is 1.46. The number of carbonyl (C=O) groups excluding carboxylic acids is 1. The average molecular weight is 284 g/mol. The Kier molecular flexibility index (Phi) is 6.01. The number of urea groups is 1. The van der Waals surface area contributed by atoms with Gasteiger partial charge in [-0.3, -0.25) is 9.48 Å². The highest BCUT2D eigenvalue weighted by Crippen LogP contribution is 1.93. The minimum atomic E-state index is -1.45. The van der Waals surface area contributed by atoms with Crippen LogP contribution >= 0.6 is 0 Å². The van der Waals surface area contributed by atoms with Gasteiger partial charge in [0.15, 0.2) is 0 Å². The molecule has 0 saturated heterocycles. The highest BCUT2D eigenvalue weighted by Gasteiger charge is 2.22. The molecular formula is C11H16N4O5. The second-order valence-corrected chi connectivity index (χ2v) is 4.01. The summed E-state index contributed by atoms with van der Waals surface area (Å²) in [6.07, 6.45) is 3.37. The molecule has 0 aliphatic heterocycles. The molecule has 1 aromatic rings. The number of nitrogens with zero attached hydrogens (tertiary/aromatic N) is 2. The fraction of sp³-hybridized carbons (Fsp3) is 0.455. The van der Waals surface area contributed by atoms with Crippen LogP contribution in [0.5, 0.6) is 0 Å². The monoisotopic (exact) mass is 284 g/mol. The maximum atomic E-state index is 11.4. The predicted molar refractivity (Wildman–Crippen MR) is 67.1 cm³/mol. The Hall–Kier alpha value is -2.58. The topological polar surface area (TPSA) is 134 Å². The molecule has 1 unspecified atom stereocenters. The lowest BCUT2D eigenvalue weighted by Gasteiger charge is -2.13. The number of nitrogens with one attached hydrogen (secondary N) is 2. The van der Waals surface area contributed by atoms with E-state index in [9.17, 15) is 14.4 Å². The summed E-state index contributed by atoms with van der Waals surface area (Å²) in [6.45, 7) is 0.940. The van der Waals surface area contributed by atoms with Crippen LogP contribution in [0.1, 0.15) is 12.8 Å². The molecule has 9 nitrogen and oxygen atoms in total. The van der Waals surface area contributed by atoms with Crippen LogP contribution in [-0.4, -0.2) is 50.5 Å². The molecule has 0 aliphatic rings. The van der Waals surface area contributed by atoms with E-state index in [4.69, 9.17) is 10.2 Å². The van der Waals surface area contributed by atoms with E-state index in [1.807, 2.05) is 0 Å². The number of hydrogen-bond donors (Lipinski definition) is 4. The lowest BCUT2D eigenvalue weighted by atomic mass is 10.2. The summed E-state index contributed by atoms with van der Waals surface area (Å²) in [5, 5.41) is 25.8. The number of hydrogen-bond acceptors (Lipinski definition) is 4. The summed E-state index contributed by atoms with van der Waals surface area (Å²) in [4.78, 5) is 32.6. The number of aliphatic carboxylic acids is 2. The largest absolute Gasteiger partial charge is 0.481 e. The summed E-state index contributed by atoms with van der Waals surface area (Å²) in [5.41, 5.74) is 0. The van der Waals surface area contributed by atoms with Gasteiger partial charge in [-0.15, -0.1) is 0 Å². The number of rotatable bonds is 8. The Morgan fingerprint density at radius 3 is 2.60 bits per heavy atom. The van der Waals surface area contributed by atoms with Crippen molar-refractivity contribution in [3.05, 3.63) is 18.5 Å². The second-order valence-electron chi connectivity index (χ2n) is 4.01. The first-order chi connectivity index (χ1) is 9.49. The molecule has 0 spiro atoms. The Bertz CT molecular complexity index is 459. The highest BCUT2D eigenvalue weighted by molar-refractivity contribution is 5.86. The zero-order valence-electron chi connectivity index (χ0n) is 10.7. The van der Waals surface area contributed by atoms with Crippen molar-refractivity contribution < 1.29 is 24.6 Å². The quantitative estimate of drug-likeness (QED) is 0.475. The lowest BCUT2D eigenvalue weighted by Crippen LogP contribution is -2.47. The number of amides is 2. The molecule has 4 N–H and O–H groups in total. The number of carboxylic acid groups (broad SMARTS) is 2. The third kappa shape index (κ3) is 5.85. The molecule has 0 bridgehead atoms. The van der Waals surface area contributed by atoms with Crippen LogP contribution in [0, 0.1) is 0 Å². The molecule has 0 saturated carbocycles. The first kappa shape index (κ1) is 15.5. The fourth-order valence-corrected chi connectivity index (χ4v) is 1.46.